The van der Waals surface area contributed by atoms with Crippen molar-refractivity contribution >= 4 is 23.2 Å². The van der Waals surface area contributed by atoms with Crippen LogP contribution in [0.2, 0.25) is 0 Å². The van der Waals surface area contributed by atoms with Crippen molar-refractivity contribution in [1.82, 2.24) is 20.2 Å². The summed E-state index contributed by atoms with van der Waals surface area (Å²) in [5.41, 5.74) is 3.78. The second-order valence-electron chi connectivity index (χ2n) is 10.7. The average molecular weight is 576 g/mol. The van der Waals surface area contributed by atoms with E-state index in [4.69, 9.17) is 9.47 Å². The Morgan fingerprint density at radius 1 is 1.12 bits per heavy atom. The number of aliphatic hydroxyl groups is 1. The fourth-order valence-electron chi connectivity index (χ4n) is 5.53. The van der Waals surface area contributed by atoms with Gasteiger partial charge in [0.1, 0.15) is 18.8 Å². The Hall–Kier alpha value is -4.02. The number of rotatable bonds is 2. The van der Waals surface area contributed by atoms with Gasteiger partial charge in [-0.2, -0.15) is 0 Å². The number of benzene rings is 2. The van der Waals surface area contributed by atoms with E-state index in [-0.39, 0.29) is 44.7 Å². The Labute approximate surface area is 247 Å². The van der Waals surface area contributed by atoms with Crippen molar-refractivity contribution in [3.8, 4) is 11.5 Å². The molecule has 1 aromatic heterocycles. The average Bonchev–Trinajstić information content (AvgIpc) is 3.42. The van der Waals surface area contributed by atoms with Gasteiger partial charge in [0.15, 0.2) is 17.3 Å². The third-order valence-electron chi connectivity index (χ3n) is 7.66. The standard InChI is InChI=1S/C31H37N5O5.CH4/c1-20(37)25-17-27(38)26-7-4-11-36(26)18-22-5-3-6-23(14-22)35-30-16-24(33-19-34-30)13-21-8-9-28(40-2)29(15-21)41-12-10-32-31(25)39;/h3,5-6,8-9,14-16,19-20,25-26,37H,4,7,10-13,17-18H2,1-2H3,(H,32,39)(H,33,34,35);1H4/t20-,25-,26-;/m0./s1. The molecule has 0 saturated carbocycles. The lowest BCUT2D eigenvalue weighted by Gasteiger charge is -2.26. The molecule has 5 rings (SSSR count). The number of hydrogen-bond acceptors (Lipinski definition) is 9. The van der Waals surface area contributed by atoms with Crippen LogP contribution in [-0.4, -0.2) is 70.6 Å². The number of carbonyl (C=O) groups is 2. The van der Waals surface area contributed by atoms with Crippen LogP contribution in [0, 0.1) is 5.92 Å². The van der Waals surface area contributed by atoms with Gasteiger partial charge < -0.3 is 25.2 Å². The van der Waals surface area contributed by atoms with Crippen molar-refractivity contribution in [2.24, 2.45) is 5.92 Å². The molecule has 1 amide bonds. The monoisotopic (exact) mass is 575 g/mol. The zero-order chi connectivity index (χ0) is 28.8. The first kappa shape index (κ1) is 30.9. The second kappa shape index (κ2) is 14.2. The van der Waals surface area contributed by atoms with Crippen LogP contribution >= 0.6 is 0 Å². The van der Waals surface area contributed by atoms with E-state index < -0.39 is 12.0 Å². The first-order valence-electron chi connectivity index (χ1n) is 14.1. The summed E-state index contributed by atoms with van der Waals surface area (Å²) in [6.07, 6.45) is 2.78. The van der Waals surface area contributed by atoms with Crippen LogP contribution in [0.4, 0.5) is 11.5 Å². The molecule has 42 heavy (non-hydrogen) atoms. The molecule has 3 heterocycles. The lowest BCUT2D eigenvalue weighted by Crippen LogP contribution is -2.43. The number of aliphatic hydroxyl groups excluding tert-OH is 1. The van der Waals surface area contributed by atoms with E-state index in [1.165, 1.54) is 0 Å². The van der Waals surface area contributed by atoms with Gasteiger partial charge in [0.2, 0.25) is 5.91 Å². The molecule has 0 spiro atoms. The molecular formula is C32H41N5O5. The number of carbonyl (C=O) groups excluding carboxylic acids is 2. The number of hydrogen-bond donors (Lipinski definition) is 3. The first-order chi connectivity index (χ1) is 19.9. The minimum absolute atomic E-state index is 0. The molecular weight excluding hydrogens is 534 g/mol. The molecule has 0 radical (unpaired) electrons. The van der Waals surface area contributed by atoms with Crippen molar-refractivity contribution in [3.63, 3.8) is 0 Å². The summed E-state index contributed by atoms with van der Waals surface area (Å²) in [6.45, 7) is 3.39. The summed E-state index contributed by atoms with van der Waals surface area (Å²) < 4.78 is 11.4. The van der Waals surface area contributed by atoms with Gasteiger partial charge in [0, 0.05) is 31.1 Å². The highest BCUT2D eigenvalue weighted by atomic mass is 16.5. The van der Waals surface area contributed by atoms with E-state index in [9.17, 15) is 14.7 Å². The highest BCUT2D eigenvalue weighted by Gasteiger charge is 2.35. The van der Waals surface area contributed by atoms with Crippen molar-refractivity contribution in [2.45, 2.75) is 58.7 Å². The number of anilines is 2. The van der Waals surface area contributed by atoms with Crippen molar-refractivity contribution in [2.75, 3.05) is 32.1 Å². The van der Waals surface area contributed by atoms with Crippen molar-refractivity contribution in [1.29, 1.82) is 0 Å². The molecule has 0 aliphatic carbocycles. The normalized spacial score (nSPS) is 20.7. The van der Waals surface area contributed by atoms with Crippen LogP contribution in [-0.2, 0) is 22.6 Å². The zero-order valence-corrected chi connectivity index (χ0v) is 23.5. The van der Waals surface area contributed by atoms with Gasteiger partial charge in [-0.25, -0.2) is 9.97 Å². The van der Waals surface area contributed by atoms with Gasteiger partial charge >= 0.3 is 0 Å². The first-order valence-corrected chi connectivity index (χ1v) is 14.1. The number of ketones is 1. The van der Waals surface area contributed by atoms with E-state index in [1.54, 1.807) is 20.4 Å². The zero-order valence-electron chi connectivity index (χ0n) is 23.5. The molecule has 2 aliphatic heterocycles. The molecule has 3 aromatic rings. The minimum Gasteiger partial charge on any atom is -0.493 e. The predicted octanol–water partition coefficient (Wildman–Crippen LogP) is 3.88. The Bertz CT molecular complexity index is 1380. The number of methoxy groups -OCH3 is 1. The van der Waals surface area contributed by atoms with Crippen LogP contribution in [0.5, 0.6) is 11.5 Å². The third kappa shape index (κ3) is 7.63. The maximum absolute atomic E-state index is 13.4. The topological polar surface area (TPSA) is 126 Å². The van der Waals surface area contributed by atoms with Gasteiger partial charge in [-0.05, 0) is 61.7 Å². The number of nitrogens with zero attached hydrogens (tertiary/aromatic N) is 3. The van der Waals surface area contributed by atoms with Crippen molar-refractivity contribution < 1.29 is 24.2 Å². The Kier molecular flexibility index (Phi) is 10.5. The number of nitrogens with one attached hydrogen (secondary N) is 2. The largest absolute Gasteiger partial charge is 0.493 e. The summed E-state index contributed by atoms with van der Waals surface area (Å²) in [7, 11) is 1.57. The molecule has 2 aliphatic rings. The SMILES string of the molecule is C.COc1ccc2cc1OCCNC(=O)[C@H]([C@H](C)O)CC(=O)[C@@H]1CCCN1Cc1cccc(c1)Nc1cc(ncn1)C2. The van der Waals surface area contributed by atoms with E-state index in [2.05, 4.69) is 31.6 Å². The summed E-state index contributed by atoms with van der Waals surface area (Å²) >= 11 is 0. The lowest BCUT2D eigenvalue weighted by molar-refractivity contribution is -0.134. The second-order valence-corrected chi connectivity index (χ2v) is 10.7. The molecule has 0 unspecified atom stereocenters. The van der Waals surface area contributed by atoms with E-state index in [0.29, 0.717) is 30.3 Å². The van der Waals surface area contributed by atoms with Gasteiger partial charge in [-0.3, -0.25) is 14.5 Å². The number of ether oxygens (including phenoxy) is 2. The summed E-state index contributed by atoms with van der Waals surface area (Å²) in [5.74, 6) is 0.604. The quantitative estimate of drug-likeness (QED) is 0.417. The molecule has 1 saturated heterocycles. The van der Waals surface area contributed by atoms with Crippen LogP contribution in [0.15, 0.2) is 54.9 Å². The smallest absolute Gasteiger partial charge is 0.226 e. The molecule has 10 nitrogen and oxygen atoms in total. The highest BCUT2D eigenvalue weighted by Crippen LogP contribution is 2.30. The van der Waals surface area contributed by atoms with Crippen LogP contribution in [0.3, 0.4) is 0 Å². The van der Waals surface area contributed by atoms with Crippen LogP contribution < -0.4 is 20.1 Å². The predicted molar refractivity (Wildman–Crippen MR) is 161 cm³/mol. The fraction of sp³-hybridized carbons (Fsp3) is 0.438. The van der Waals surface area contributed by atoms with Gasteiger partial charge in [0.05, 0.1) is 37.4 Å². The lowest BCUT2D eigenvalue weighted by atomic mass is 9.92. The molecule has 224 valence electrons. The number of amides is 1. The van der Waals surface area contributed by atoms with Crippen LogP contribution in [0.1, 0.15) is 50.4 Å². The Balaban J connectivity index is 0.00000405. The maximum Gasteiger partial charge on any atom is 0.226 e. The number of aromatic nitrogens is 2. The summed E-state index contributed by atoms with van der Waals surface area (Å²) in [5, 5.41) is 16.6. The molecule has 3 N–H and O–H groups in total. The van der Waals surface area contributed by atoms with Gasteiger partial charge in [-0.15, -0.1) is 0 Å². The molecule has 2 aromatic carbocycles. The van der Waals surface area contributed by atoms with Crippen LogP contribution in [0.25, 0.3) is 0 Å². The minimum atomic E-state index is -0.959. The number of fused-ring (bicyclic) bond motifs is 7. The molecule has 6 bridgehead atoms. The summed E-state index contributed by atoms with van der Waals surface area (Å²) in [4.78, 5) is 37.4. The summed E-state index contributed by atoms with van der Waals surface area (Å²) in [6, 6.07) is 15.4. The molecule has 3 atom stereocenters. The molecule has 10 heteroatoms. The third-order valence-corrected chi connectivity index (χ3v) is 7.66. The fourth-order valence-corrected chi connectivity index (χ4v) is 5.53. The Morgan fingerprint density at radius 3 is 2.79 bits per heavy atom. The number of Topliss-reactive ketones (excluding diaryl/α,β-unsaturated/α-hetero) is 1. The van der Waals surface area contributed by atoms with E-state index >= 15 is 0 Å². The molecule has 1 fully saturated rings. The Morgan fingerprint density at radius 2 is 1.98 bits per heavy atom. The van der Waals surface area contributed by atoms with Gasteiger partial charge in [-0.1, -0.05) is 25.6 Å². The van der Waals surface area contributed by atoms with Crippen molar-refractivity contribution in [3.05, 3.63) is 71.7 Å². The maximum atomic E-state index is 13.4. The highest BCUT2D eigenvalue weighted by molar-refractivity contribution is 5.90. The van der Waals surface area contributed by atoms with E-state index in [0.717, 1.165) is 41.9 Å². The van der Waals surface area contributed by atoms with Gasteiger partial charge in [0.25, 0.3) is 0 Å². The van der Waals surface area contributed by atoms with E-state index in [1.807, 2.05) is 42.5 Å².